The Morgan fingerprint density at radius 3 is 2.70 bits per heavy atom. The third kappa shape index (κ3) is 3.69. The molecule has 0 spiro atoms. The van der Waals surface area contributed by atoms with Crippen LogP contribution in [0.25, 0.3) is 0 Å². The van der Waals surface area contributed by atoms with Gasteiger partial charge in [-0.05, 0) is 47.5 Å². The molecule has 4 rings (SSSR count). The zero-order valence-electron chi connectivity index (χ0n) is 16.7. The van der Waals surface area contributed by atoms with Crippen molar-refractivity contribution in [2.24, 2.45) is 5.73 Å². The number of tetrazole rings is 1. The number of rotatable bonds is 7. The third-order valence-corrected chi connectivity index (χ3v) is 4.80. The lowest BCUT2D eigenvalue weighted by molar-refractivity contribution is -0.115. The van der Waals surface area contributed by atoms with E-state index in [0.717, 1.165) is 11.1 Å². The number of ether oxygens (including phenoxy) is 2. The van der Waals surface area contributed by atoms with Gasteiger partial charge in [0.1, 0.15) is 12.6 Å². The molecule has 1 aliphatic rings. The van der Waals surface area contributed by atoms with Crippen LogP contribution in [0.2, 0.25) is 0 Å². The maximum absolute atomic E-state index is 12.2. The van der Waals surface area contributed by atoms with Gasteiger partial charge in [0.05, 0.1) is 12.2 Å². The molecule has 0 unspecified atom stereocenters. The number of hydrogen-bond donors (Lipinski definition) is 2. The van der Waals surface area contributed by atoms with Gasteiger partial charge in [-0.15, -0.1) is 0 Å². The van der Waals surface area contributed by atoms with E-state index in [1.165, 1.54) is 4.68 Å². The Balaban J connectivity index is 1.70. The number of fused-ring (bicyclic) bond motifs is 1. The molecule has 1 aliphatic heterocycles. The molecule has 1 amide bonds. The van der Waals surface area contributed by atoms with Gasteiger partial charge in [0, 0.05) is 5.70 Å². The Morgan fingerprint density at radius 1 is 1.17 bits per heavy atom. The van der Waals surface area contributed by atoms with E-state index in [1.54, 1.807) is 6.92 Å². The highest BCUT2D eigenvalue weighted by Gasteiger charge is 2.33. The van der Waals surface area contributed by atoms with E-state index in [1.807, 2.05) is 55.5 Å². The second-order valence-electron chi connectivity index (χ2n) is 6.79. The first-order chi connectivity index (χ1) is 14.6. The molecular formula is C21H22N6O3. The average molecular weight is 406 g/mol. The zero-order valence-corrected chi connectivity index (χ0v) is 16.7. The normalized spacial score (nSPS) is 15.3. The molecule has 1 atom stereocenters. The van der Waals surface area contributed by atoms with E-state index in [0.29, 0.717) is 41.9 Å². The summed E-state index contributed by atoms with van der Waals surface area (Å²) in [6.07, 6.45) is 0. The average Bonchev–Trinajstić information content (AvgIpc) is 3.20. The molecule has 0 fully saturated rings. The lowest BCUT2D eigenvalue weighted by Crippen LogP contribution is -2.31. The molecule has 9 heteroatoms. The fourth-order valence-corrected chi connectivity index (χ4v) is 3.46. The van der Waals surface area contributed by atoms with E-state index < -0.39 is 11.9 Å². The first-order valence-electron chi connectivity index (χ1n) is 9.57. The molecule has 0 saturated carbocycles. The molecule has 2 heterocycles. The van der Waals surface area contributed by atoms with Crippen LogP contribution in [0.15, 0.2) is 59.8 Å². The summed E-state index contributed by atoms with van der Waals surface area (Å²) in [5, 5.41) is 14.7. The number of carbonyl (C=O) groups is 1. The van der Waals surface area contributed by atoms with Crippen LogP contribution in [0.4, 0.5) is 5.95 Å². The van der Waals surface area contributed by atoms with Gasteiger partial charge >= 0.3 is 0 Å². The van der Waals surface area contributed by atoms with Crippen LogP contribution in [0.1, 0.15) is 31.0 Å². The number of aromatic nitrogens is 4. The fourth-order valence-electron chi connectivity index (χ4n) is 3.46. The molecule has 0 bridgehead atoms. The highest BCUT2D eigenvalue weighted by Crippen LogP contribution is 2.38. The summed E-state index contributed by atoms with van der Waals surface area (Å²) in [6.45, 7) is 4.55. The van der Waals surface area contributed by atoms with Crippen molar-refractivity contribution in [2.45, 2.75) is 26.5 Å². The minimum atomic E-state index is -0.573. The van der Waals surface area contributed by atoms with Crippen LogP contribution in [-0.4, -0.2) is 32.7 Å². The Bertz CT molecular complexity index is 1090. The number of primary amides is 1. The number of nitrogens with one attached hydrogen (secondary N) is 1. The Labute approximate surface area is 173 Å². The molecule has 1 aromatic heterocycles. The van der Waals surface area contributed by atoms with Crippen molar-refractivity contribution in [3.8, 4) is 11.5 Å². The van der Waals surface area contributed by atoms with E-state index in [-0.39, 0.29) is 0 Å². The molecule has 3 aromatic rings. The second kappa shape index (κ2) is 8.24. The minimum Gasteiger partial charge on any atom is -0.490 e. The van der Waals surface area contributed by atoms with Crippen LogP contribution in [0.5, 0.6) is 11.5 Å². The molecular weight excluding hydrogens is 384 g/mol. The van der Waals surface area contributed by atoms with Crippen molar-refractivity contribution in [1.29, 1.82) is 0 Å². The molecule has 0 radical (unpaired) electrons. The quantitative estimate of drug-likeness (QED) is 0.619. The number of benzene rings is 2. The van der Waals surface area contributed by atoms with Crippen molar-refractivity contribution in [3.05, 3.63) is 70.9 Å². The van der Waals surface area contributed by atoms with Crippen molar-refractivity contribution in [3.63, 3.8) is 0 Å². The van der Waals surface area contributed by atoms with Crippen molar-refractivity contribution in [2.75, 3.05) is 11.9 Å². The molecule has 30 heavy (non-hydrogen) atoms. The topological polar surface area (TPSA) is 117 Å². The van der Waals surface area contributed by atoms with E-state index in [4.69, 9.17) is 15.2 Å². The van der Waals surface area contributed by atoms with Gasteiger partial charge < -0.3 is 20.5 Å². The van der Waals surface area contributed by atoms with Crippen LogP contribution in [0, 0.1) is 0 Å². The highest BCUT2D eigenvalue weighted by molar-refractivity contribution is 5.95. The molecule has 3 N–H and O–H groups in total. The largest absolute Gasteiger partial charge is 0.490 e. The van der Waals surface area contributed by atoms with Crippen LogP contribution < -0.4 is 20.5 Å². The minimum absolute atomic E-state index is 0.384. The monoisotopic (exact) mass is 406 g/mol. The molecule has 9 nitrogen and oxygen atoms in total. The summed E-state index contributed by atoms with van der Waals surface area (Å²) in [4.78, 5) is 12.2. The summed E-state index contributed by atoms with van der Waals surface area (Å²) in [5.74, 6) is 1.07. The van der Waals surface area contributed by atoms with Gasteiger partial charge in [-0.1, -0.05) is 41.5 Å². The first kappa shape index (κ1) is 19.4. The van der Waals surface area contributed by atoms with Crippen LogP contribution >= 0.6 is 0 Å². The molecule has 2 aromatic carbocycles. The summed E-state index contributed by atoms with van der Waals surface area (Å²) < 4.78 is 13.3. The maximum Gasteiger partial charge on any atom is 0.248 e. The Hall–Kier alpha value is -3.88. The summed E-state index contributed by atoms with van der Waals surface area (Å²) in [7, 11) is 0. The smallest absolute Gasteiger partial charge is 0.248 e. The van der Waals surface area contributed by atoms with Crippen molar-refractivity contribution >= 4 is 11.9 Å². The molecule has 0 aliphatic carbocycles. The number of amides is 1. The second-order valence-corrected chi connectivity index (χ2v) is 6.79. The summed E-state index contributed by atoms with van der Waals surface area (Å²) in [6, 6.07) is 14.8. The number of hydrogen-bond acceptors (Lipinski definition) is 7. The Kier molecular flexibility index (Phi) is 5.34. The predicted molar refractivity (Wildman–Crippen MR) is 110 cm³/mol. The summed E-state index contributed by atoms with van der Waals surface area (Å²) >= 11 is 0. The number of carbonyl (C=O) groups excluding carboxylic acids is 1. The van der Waals surface area contributed by atoms with Crippen molar-refractivity contribution < 1.29 is 14.3 Å². The molecule has 0 saturated heterocycles. The van der Waals surface area contributed by atoms with Gasteiger partial charge in [-0.25, -0.2) is 0 Å². The molecule has 154 valence electrons. The van der Waals surface area contributed by atoms with E-state index in [9.17, 15) is 4.79 Å². The van der Waals surface area contributed by atoms with E-state index in [2.05, 4.69) is 20.8 Å². The number of nitrogens with two attached hydrogens (primary N) is 1. The lowest BCUT2D eigenvalue weighted by Gasteiger charge is -2.27. The SMILES string of the molecule is CCOc1cc([C@H]2C(C(N)=O)=C(C)Nc3nnnn32)ccc1OCc1ccccc1. The standard InChI is InChI=1S/C21H22N6O3/c1-3-29-17-11-15(9-10-16(17)30-12-14-7-5-4-6-8-14)19-18(20(22)28)13(2)23-21-24-25-26-27(19)21/h4-11,19H,3,12H2,1-2H3,(H2,22,28)(H,23,24,26)/t19-/m0/s1. The maximum atomic E-state index is 12.2. The van der Waals surface area contributed by atoms with Gasteiger partial charge in [0.15, 0.2) is 11.5 Å². The van der Waals surface area contributed by atoms with Crippen LogP contribution in [0.3, 0.4) is 0 Å². The van der Waals surface area contributed by atoms with Gasteiger partial charge in [-0.2, -0.15) is 4.68 Å². The van der Waals surface area contributed by atoms with Gasteiger partial charge in [0.2, 0.25) is 11.9 Å². The number of anilines is 1. The summed E-state index contributed by atoms with van der Waals surface area (Å²) in [5.41, 5.74) is 8.48. The highest BCUT2D eigenvalue weighted by atomic mass is 16.5. The van der Waals surface area contributed by atoms with Gasteiger partial charge in [-0.3, -0.25) is 4.79 Å². The zero-order chi connectivity index (χ0) is 21.1. The fraction of sp³-hybridized carbons (Fsp3) is 0.238. The number of nitrogens with zero attached hydrogens (tertiary/aromatic N) is 4. The third-order valence-electron chi connectivity index (χ3n) is 4.80. The van der Waals surface area contributed by atoms with Crippen molar-refractivity contribution in [1.82, 2.24) is 20.2 Å². The van der Waals surface area contributed by atoms with Crippen LogP contribution in [-0.2, 0) is 11.4 Å². The Morgan fingerprint density at radius 2 is 1.97 bits per heavy atom. The first-order valence-corrected chi connectivity index (χ1v) is 9.57. The predicted octanol–water partition coefficient (Wildman–Crippen LogP) is 2.42. The van der Waals surface area contributed by atoms with E-state index >= 15 is 0 Å². The van der Waals surface area contributed by atoms with Gasteiger partial charge in [0.25, 0.3) is 0 Å². The number of allylic oxidation sites excluding steroid dienone is 1. The lowest BCUT2D eigenvalue weighted by atomic mass is 9.95.